The molecule has 1 heterocycles. The number of allylic oxidation sites excluding steroid dienone is 1. The van der Waals surface area contributed by atoms with E-state index in [-0.39, 0.29) is 30.0 Å². The van der Waals surface area contributed by atoms with E-state index in [1.54, 1.807) is 0 Å². The van der Waals surface area contributed by atoms with Gasteiger partial charge in [0.05, 0.1) is 6.61 Å². The molecule has 1 aliphatic heterocycles. The largest absolute Gasteiger partial charge is 0.458 e. The molecule has 18 heavy (non-hydrogen) atoms. The van der Waals surface area contributed by atoms with E-state index < -0.39 is 0 Å². The van der Waals surface area contributed by atoms with Crippen molar-refractivity contribution in [2.75, 3.05) is 6.61 Å². The molecule has 0 aromatic carbocycles. The zero-order chi connectivity index (χ0) is 12.9. The van der Waals surface area contributed by atoms with Crippen LogP contribution in [0.1, 0.15) is 39.0 Å². The standard InChI is InChI=1S/C15H20O3/c1-9-4-3-5-15(8-16)7-13-11(6-12(9)15)10(2)14(17)18-13/h11,13,16H,2-8H2,1H3. The Morgan fingerprint density at radius 1 is 1.56 bits per heavy atom. The molecule has 0 spiro atoms. The molecule has 0 bridgehead atoms. The van der Waals surface area contributed by atoms with E-state index in [1.165, 1.54) is 11.1 Å². The molecule has 0 amide bonds. The fourth-order valence-electron chi connectivity index (χ4n) is 4.02. The van der Waals surface area contributed by atoms with Gasteiger partial charge in [-0.15, -0.1) is 0 Å². The highest BCUT2D eigenvalue weighted by Gasteiger charge is 2.51. The molecule has 0 aromatic heterocycles. The summed E-state index contributed by atoms with van der Waals surface area (Å²) < 4.78 is 5.42. The van der Waals surface area contributed by atoms with Gasteiger partial charge in [-0.2, -0.15) is 0 Å². The molecule has 1 N–H and O–H groups in total. The van der Waals surface area contributed by atoms with Gasteiger partial charge in [0.15, 0.2) is 0 Å². The van der Waals surface area contributed by atoms with Crippen LogP contribution in [0, 0.1) is 11.3 Å². The third-order valence-electron chi connectivity index (χ3n) is 5.10. The zero-order valence-electron chi connectivity index (χ0n) is 10.9. The molecule has 0 radical (unpaired) electrons. The Bertz CT molecular complexity index is 449. The Kier molecular flexibility index (Phi) is 2.63. The summed E-state index contributed by atoms with van der Waals surface area (Å²) in [5, 5.41) is 9.85. The second-order valence-corrected chi connectivity index (χ2v) is 6.03. The summed E-state index contributed by atoms with van der Waals surface area (Å²) in [6.07, 6.45) is 4.82. The van der Waals surface area contributed by atoms with Crippen molar-refractivity contribution in [2.24, 2.45) is 11.3 Å². The third kappa shape index (κ3) is 1.50. The maximum atomic E-state index is 11.6. The van der Waals surface area contributed by atoms with Gasteiger partial charge < -0.3 is 9.84 Å². The van der Waals surface area contributed by atoms with Crippen LogP contribution in [0.5, 0.6) is 0 Å². The molecule has 1 saturated heterocycles. The normalized spacial score (nSPS) is 39.4. The number of fused-ring (bicyclic) bond motifs is 2. The van der Waals surface area contributed by atoms with Crippen molar-refractivity contribution in [3.8, 4) is 0 Å². The predicted octanol–water partition coefficient (Wildman–Crippen LogP) is 2.36. The van der Waals surface area contributed by atoms with Crippen molar-refractivity contribution in [3.63, 3.8) is 0 Å². The topological polar surface area (TPSA) is 46.5 Å². The van der Waals surface area contributed by atoms with Gasteiger partial charge in [-0.05, 0) is 39.0 Å². The van der Waals surface area contributed by atoms with Gasteiger partial charge in [0.25, 0.3) is 0 Å². The van der Waals surface area contributed by atoms with Crippen molar-refractivity contribution in [1.29, 1.82) is 0 Å². The number of carbonyl (C=O) groups excluding carboxylic acids is 1. The lowest BCUT2D eigenvalue weighted by Gasteiger charge is -2.46. The van der Waals surface area contributed by atoms with Crippen LogP contribution in [0.25, 0.3) is 0 Å². The van der Waals surface area contributed by atoms with E-state index in [2.05, 4.69) is 13.5 Å². The molecule has 2 aliphatic carbocycles. The van der Waals surface area contributed by atoms with Gasteiger partial charge in [0.1, 0.15) is 6.10 Å². The van der Waals surface area contributed by atoms with E-state index in [9.17, 15) is 9.90 Å². The highest BCUT2D eigenvalue weighted by molar-refractivity contribution is 5.91. The maximum Gasteiger partial charge on any atom is 0.334 e. The monoisotopic (exact) mass is 248 g/mol. The lowest BCUT2D eigenvalue weighted by Crippen LogP contribution is -2.42. The molecule has 1 saturated carbocycles. The average Bonchev–Trinajstić information content (AvgIpc) is 2.63. The Morgan fingerprint density at radius 3 is 3.06 bits per heavy atom. The summed E-state index contributed by atoms with van der Waals surface area (Å²) in [7, 11) is 0. The molecular formula is C15H20O3. The minimum Gasteiger partial charge on any atom is -0.458 e. The molecule has 98 valence electrons. The third-order valence-corrected chi connectivity index (χ3v) is 5.10. The lowest BCUT2D eigenvalue weighted by atomic mass is 9.60. The van der Waals surface area contributed by atoms with E-state index in [4.69, 9.17) is 4.74 Å². The smallest absolute Gasteiger partial charge is 0.334 e. The molecule has 0 aromatic rings. The van der Waals surface area contributed by atoms with Crippen LogP contribution in [0.15, 0.2) is 23.3 Å². The number of aliphatic hydroxyl groups is 1. The van der Waals surface area contributed by atoms with Gasteiger partial charge in [0.2, 0.25) is 0 Å². The minimum atomic E-state index is -0.241. The quantitative estimate of drug-likeness (QED) is 0.440. The second-order valence-electron chi connectivity index (χ2n) is 6.03. The molecule has 3 unspecified atom stereocenters. The van der Waals surface area contributed by atoms with Crippen LogP contribution < -0.4 is 0 Å². The highest BCUT2D eigenvalue weighted by atomic mass is 16.6. The van der Waals surface area contributed by atoms with Crippen molar-refractivity contribution in [2.45, 2.75) is 45.1 Å². The first-order valence-electron chi connectivity index (χ1n) is 6.77. The summed E-state index contributed by atoms with van der Waals surface area (Å²) in [6.45, 7) is 6.21. The van der Waals surface area contributed by atoms with E-state index >= 15 is 0 Å². The lowest BCUT2D eigenvalue weighted by molar-refractivity contribution is -0.141. The van der Waals surface area contributed by atoms with Crippen molar-refractivity contribution < 1.29 is 14.6 Å². The molecule has 3 atom stereocenters. The molecule has 3 nitrogen and oxygen atoms in total. The number of hydrogen-bond acceptors (Lipinski definition) is 3. The van der Waals surface area contributed by atoms with E-state index in [0.717, 1.165) is 32.1 Å². The molecule has 3 heteroatoms. The molecular weight excluding hydrogens is 228 g/mol. The van der Waals surface area contributed by atoms with Gasteiger partial charge in [-0.3, -0.25) is 0 Å². The van der Waals surface area contributed by atoms with Crippen molar-refractivity contribution in [1.82, 2.24) is 0 Å². The first-order valence-corrected chi connectivity index (χ1v) is 6.77. The van der Waals surface area contributed by atoms with Crippen LogP contribution in [0.3, 0.4) is 0 Å². The number of rotatable bonds is 1. The van der Waals surface area contributed by atoms with Gasteiger partial charge in [-0.25, -0.2) is 4.79 Å². The van der Waals surface area contributed by atoms with Crippen LogP contribution >= 0.6 is 0 Å². The summed E-state index contributed by atoms with van der Waals surface area (Å²) >= 11 is 0. The number of ether oxygens (including phenoxy) is 1. The molecule has 3 rings (SSSR count). The molecule has 2 fully saturated rings. The van der Waals surface area contributed by atoms with Gasteiger partial charge in [0, 0.05) is 16.9 Å². The van der Waals surface area contributed by atoms with Crippen LogP contribution in [0.4, 0.5) is 0 Å². The Morgan fingerprint density at radius 2 is 2.33 bits per heavy atom. The SMILES string of the molecule is C=C1C(=O)OC2CC3(CO)CCCC(C)=C3CC12. The van der Waals surface area contributed by atoms with Crippen molar-refractivity contribution >= 4 is 5.97 Å². The number of esters is 1. The summed E-state index contributed by atoms with van der Waals surface area (Å²) in [4.78, 5) is 11.6. The van der Waals surface area contributed by atoms with E-state index in [0.29, 0.717) is 5.57 Å². The zero-order valence-corrected chi connectivity index (χ0v) is 10.9. The highest BCUT2D eigenvalue weighted by Crippen LogP contribution is 2.54. The Labute approximate surface area is 108 Å². The summed E-state index contributed by atoms with van der Waals surface area (Å²) in [5.74, 6) is -0.102. The predicted molar refractivity (Wildman–Crippen MR) is 67.8 cm³/mol. The van der Waals surface area contributed by atoms with Crippen LogP contribution in [-0.2, 0) is 9.53 Å². The number of hydrogen-bond donors (Lipinski definition) is 1. The van der Waals surface area contributed by atoms with Crippen LogP contribution in [0.2, 0.25) is 0 Å². The molecule has 3 aliphatic rings. The maximum absolute atomic E-state index is 11.6. The first kappa shape index (κ1) is 12.0. The van der Waals surface area contributed by atoms with Gasteiger partial charge >= 0.3 is 5.97 Å². The average molecular weight is 248 g/mol. The second kappa shape index (κ2) is 3.95. The fourth-order valence-corrected chi connectivity index (χ4v) is 4.02. The van der Waals surface area contributed by atoms with Gasteiger partial charge in [-0.1, -0.05) is 17.7 Å². The number of carbonyl (C=O) groups is 1. The van der Waals surface area contributed by atoms with Crippen LogP contribution in [-0.4, -0.2) is 23.8 Å². The first-order chi connectivity index (χ1) is 8.57. The fraction of sp³-hybridized carbons (Fsp3) is 0.667. The Balaban J connectivity index is 2.00. The van der Waals surface area contributed by atoms with Crippen molar-refractivity contribution in [3.05, 3.63) is 23.3 Å². The summed E-state index contributed by atoms with van der Waals surface area (Å²) in [5.41, 5.74) is 3.27. The summed E-state index contributed by atoms with van der Waals surface area (Å²) in [6, 6.07) is 0. The Hall–Kier alpha value is -1.09. The number of aliphatic hydroxyl groups excluding tert-OH is 1. The minimum absolute atomic E-state index is 0.0631. The van der Waals surface area contributed by atoms with E-state index in [1.807, 2.05) is 0 Å².